The van der Waals surface area contributed by atoms with Crippen LogP contribution in [0.25, 0.3) is 0 Å². The zero-order chi connectivity index (χ0) is 19.8. The lowest BCUT2D eigenvalue weighted by Crippen LogP contribution is -2.52. The van der Waals surface area contributed by atoms with Crippen LogP contribution in [0.5, 0.6) is 0 Å². The second-order valence-electron chi connectivity index (χ2n) is 7.37. The van der Waals surface area contributed by atoms with Crippen molar-refractivity contribution in [1.29, 1.82) is 0 Å². The molecule has 0 N–H and O–H groups in total. The van der Waals surface area contributed by atoms with Gasteiger partial charge in [-0.15, -0.1) is 0 Å². The van der Waals surface area contributed by atoms with E-state index >= 15 is 0 Å². The molecule has 0 aliphatic carbocycles. The molecule has 2 aromatic carbocycles. The van der Waals surface area contributed by atoms with Gasteiger partial charge in [-0.3, -0.25) is 19.3 Å². The van der Waals surface area contributed by atoms with Crippen LogP contribution in [0, 0.1) is 6.92 Å². The van der Waals surface area contributed by atoms with Crippen LogP contribution < -0.4 is 0 Å². The summed E-state index contributed by atoms with van der Waals surface area (Å²) >= 11 is 0. The molecule has 0 saturated carbocycles. The van der Waals surface area contributed by atoms with E-state index in [0.29, 0.717) is 24.3 Å². The van der Waals surface area contributed by atoms with Crippen molar-refractivity contribution in [3.8, 4) is 0 Å². The highest BCUT2D eigenvalue weighted by Crippen LogP contribution is 2.27. The van der Waals surface area contributed by atoms with E-state index in [1.54, 1.807) is 29.2 Å². The van der Waals surface area contributed by atoms with Crippen LogP contribution in [0.3, 0.4) is 0 Å². The van der Waals surface area contributed by atoms with E-state index in [2.05, 4.69) is 0 Å². The molecule has 2 atom stereocenters. The summed E-state index contributed by atoms with van der Waals surface area (Å²) in [4.78, 5) is 40.8. The third-order valence-corrected chi connectivity index (χ3v) is 5.37. The standard InChI is InChI=1S/C22H22N2O4/c1-14-7-9-16(10-8-14)19-11-23(15(2)13-28-19)20(25)12-24-21(26)17-5-3-4-6-18(17)22(24)27/h3-10,15,19H,11-13H2,1-2H3. The molecule has 144 valence electrons. The van der Waals surface area contributed by atoms with Gasteiger partial charge < -0.3 is 9.64 Å². The average Bonchev–Trinajstić information content (AvgIpc) is 2.94. The van der Waals surface area contributed by atoms with Crippen molar-refractivity contribution in [3.05, 3.63) is 70.8 Å². The second kappa shape index (κ2) is 7.20. The zero-order valence-corrected chi connectivity index (χ0v) is 15.9. The van der Waals surface area contributed by atoms with Crippen molar-refractivity contribution >= 4 is 17.7 Å². The molecule has 0 aromatic heterocycles. The number of morpholine rings is 1. The summed E-state index contributed by atoms with van der Waals surface area (Å²) in [5.41, 5.74) is 2.88. The summed E-state index contributed by atoms with van der Waals surface area (Å²) in [6.45, 7) is 4.48. The Morgan fingerprint density at radius 1 is 1.04 bits per heavy atom. The molecule has 2 aliphatic heterocycles. The van der Waals surface area contributed by atoms with E-state index in [4.69, 9.17) is 4.74 Å². The smallest absolute Gasteiger partial charge is 0.262 e. The van der Waals surface area contributed by atoms with E-state index in [0.717, 1.165) is 16.0 Å². The van der Waals surface area contributed by atoms with Crippen LogP contribution in [-0.2, 0) is 9.53 Å². The van der Waals surface area contributed by atoms with Gasteiger partial charge in [0, 0.05) is 0 Å². The minimum atomic E-state index is -0.412. The first kappa shape index (κ1) is 18.4. The summed E-state index contributed by atoms with van der Waals surface area (Å²) < 4.78 is 5.92. The predicted molar refractivity (Wildman–Crippen MR) is 103 cm³/mol. The van der Waals surface area contributed by atoms with Crippen LogP contribution in [-0.4, -0.2) is 53.3 Å². The Morgan fingerprint density at radius 2 is 1.64 bits per heavy atom. The number of benzene rings is 2. The summed E-state index contributed by atoms with van der Waals surface area (Å²) in [5.74, 6) is -1.07. The number of fused-ring (bicyclic) bond motifs is 1. The first-order valence-corrected chi connectivity index (χ1v) is 9.38. The molecule has 2 aromatic rings. The van der Waals surface area contributed by atoms with Crippen LogP contribution in [0.2, 0.25) is 0 Å². The summed E-state index contributed by atoms with van der Waals surface area (Å²) in [6.07, 6.45) is -0.220. The van der Waals surface area contributed by atoms with Gasteiger partial charge in [-0.25, -0.2) is 0 Å². The molecule has 6 nitrogen and oxygen atoms in total. The molecule has 1 saturated heterocycles. The SMILES string of the molecule is Cc1ccc(C2CN(C(=O)CN3C(=O)c4ccccc4C3=O)C(C)CO2)cc1. The number of nitrogens with zero attached hydrogens (tertiary/aromatic N) is 2. The molecule has 0 radical (unpaired) electrons. The average molecular weight is 378 g/mol. The minimum absolute atomic E-state index is 0.121. The minimum Gasteiger partial charge on any atom is -0.370 e. The van der Waals surface area contributed by atoms with Gasteiger partial charge in [-0.2, -0.15) is 0 Å². The van der Waals surface area contributed by atoms with E-state index in [-0.39, 0.29) is 24.6 Å². The molecule has 0 bridgehead atoms. The Labute approximate surface area is 163 Å². The van der Waals surface area contributed by atoms with Gasteiger partial charge in [0.2, 0.25) is 5.91 Å². The highest BCUT2D eigenvalue weighted by molar-refractivity contribution is 6.22. The molecule has 4 rings (SSSR count). The molecule has 2 unspecified atom stereocenters. The first-order valence-electron chi connectivity index (χ1n) is 9.38. The van der Waals surface area contributed by atoms with Crippen molar-refractivity contribution in [2.75, 3.05) is 19.7 Å². The predicted octanol–water partition coefficient (Wildman–Crippen LogP) is 2.58. The Morgan fingerprint density at radius 3 is 2.25 bits per heavy atom. The number of hydrogen-bond acceptors (Lipinski definition) is 4. The third-order valence-electron chi connectivity index (χ3n) is 5.37. The second-order valence-corrected chi connectivity index (χ2v) is 7.37. The molecule has 0 spiro atoms. The van der Waals surface area contributed by atoms with Crippen molar-refractivity contribution in [2.24, 2.45) is 0 Å². The number of ether oxygens (including phenoxy) is 1. The molecule has 28 heavy (non-hydrogen) atoms. The number of imide groups is 1. The van der Waals surface area contributed by atoms with Crippen LogP contribution in [0.1, 0.15) is 44.9 Å². The highest BCUT2D eigenvalue weighted by Gasteiger charge is 2.38. The number of hydrogen-bond donors (Lipinski definition) is 0. The Bertz CT molecular complexity index is 903. The molecule has 1 fully saturated rings. The van der Waals surface area contributed by atoms with E-state index in [9.17, 15) is 14.4 Å². The molecular weight excluding hydrogens is 356 g/mol. The topological polar surface area (TPSA) is 66.9 Å². The van der Waals surface area contributed by atoms with Crippen molar-refractivity contribution < 1.29 is 19.1 Å². The maximum atomic E-state index is 13.0. The van der Waals surface area contributed by atoms with Gasteiger partial charge in [-0.1, -0.05) is 42.0 Å². The summed E-state index contributed by atoms with van der Waals surface area (Å²) in [6, 6.07) is 14.6. The number of amides is 3. The van der Waals surface area contributed by atoms with Gasteiger partial charge >= 0.3 is 0 Å². The maximum Gasteiger partial charge on any atom is 0.262 e. The third kappa shape index (κ3) is 3.20. The number of carbonyl (C=O) groups is 3. The van der Waals surface area contributed by atoms with E-state index in [1.165, 1.54) is 0 Å². The highest BCUT2D eigenvalue weighted by atomic mass is 16.5. The fourth-order valence-corrected chi connectivity index (χ4v) is 3.70. The van der Waals surface area contributed by atoms with Crippen molar-refractivity contribution in [3.63, 3.8) is 0 Å². The quantitative estimate of drug-likeness (QED) is 0.770. The largest absolute Gasteiger partial charge is 0.370 e. The monoisotopic (exact) mass is 378 g/mol. The number of rotatable bonds is 3. The first-order chi connectivity index (χ1) is 13.5. The van der Waals surface area contributed by atoms with Gasteiger partial charge in [-0.05, 0) is 31.5 Å². The molecule has 2 aliphatic rings. The fourth-order valence-electron chi connectivity index (χ4n) is 3.70. The van der Waals surface area contributed by atoms with Crippen molar-refractivity contribution in [1.82, 2.24) is 9.80 Å². The van der Waals surface area contributed by atoms with Crippen LogP contribution in [0.4, 0.5) is 0 Å². The van der Waals surface area contributed by atoms with Crippen molar-refractivity contribution in [2.45, 2.75) is 26.0 Å². The Balaban J connectivity index is 1.49. The van der Waals surface area contributed by atoms with Gasteiger partial charge in [0.05, 0.1) is 30.3 Å². The lowest BCUT2D eigenvalue weighted by atomic mass is 10.0. The molecular formula is C22H22N2O4. The fraction of sp³-hybridized carbons (Fsp3) is 0.318. The Kier molecular flexibility index (Phi) is 4.73. The van der Waals surface area contributed by atoms with E-state index in [1.807, 2.05) is 38.1 Å². The van der Waals surface area contributed by atoms with Gasteiger partial charge in [0.15, 0.2) is 0 Å². The normalized spacial score (nSPS) is 21.8. The van der Waals surface area contributed by atoms with Crippen LogP contribution in [0.15, 0.2) is 48.5 Å². The van der Waals surface area contributed by atoms with E-state index < -0.39 is 11.8 Å². The number of carbonyl (C=O) groups excluding carboxylic acids is 3. The van der Waals surface area contributed by atoms with Crippen LogP contribution >= 0.6 is 0 Å². The number of aryl methyl sites for hydroxylation is 1. The lowest BCUT2D eigenvalue weighted by molar-refractivity contribution is -0.144. The summed E-state index contributed by atoms with van der Waals surface area (Å²) in [5, 5.41) is 0. The zero-order valence-electron chi connectivity index (χ0n) is 15.9. The molecule has 3 amide bonds. The molecule has 6 heteroatoms. The molecule has 2 heterocycles. The van der Waals surface area contributed by atoms with Gasteiger partial charge in [0.1, 0.15) is 12.6 Å². The lowest BCUT2D eigenvalue weighted by Gasteiger charge is -2.38. The summed E-state index contributed by atoms with van der Waals surface area (Å²) in [7, 11) is 0. The Hall–Kier alpha value is -2.99. The maximum absolute atomic E-state index is 13.0. The van der Waals surface area contributed by atoms with Gasteiger partial charge in [0.25, 0.3) is 11.8 Å².